The van der Waals surface area contributed by atoms with E-state index in [4.69, 9.17) is 4.74 Å². The smallest absolute Gasteiger partial charge is 0.222 e. The molecule has 2 atom stereocenters. The third-order valence-corrected chi connectivity index (χ3v) is 5.80. The van der Waals surface area contributed by atoms with Crippen LogP contribution >= 0.6 is 15.9 Å². The van der Waals surface area contributed by atoms with Gasteiger partial charge in [0.1, 0.15) is 5.82 Å². The second-order valence-corrected chi connectivity index (χ2v) is 8.44. The Kier molecular flexibility index (Phi) is 8.57. The van der Waals surface area contributed by atoms with Crippen LogP contribution in [0.3, 0.4) is 0 Å². The second kappa shape index (κ2) is 11.4. The van der Waals surface area contributed by atoms with Crippen LogP contribution in [0.5, 0.6) is 0 Å². The minimum absolute atomic E-state index is 0.0830. The molecule has 2 aromatic carbocycles. The summed E-state index contributed by atoms with van der Waals surface area (Å²) in [5.74, 6) is -0.651. The average molecular weight is 492 g/mol. The van der Waals surface area contributed by atoms with Crippen molar-refractivity contribution >= 4 is 27.7 Å². The van der Waals surface area contributed by atoms with E-state index in [1.54, 1.807) is 12.1 Å². The van der Waals surface area contributed by atoms with Gasteiger partial charge in [-0.1, -0.05) is 40.2 Å². The van der Waals surface area contributed by atoms with Crippen molar-refractivity contribution in [3.8, 4) is 0 Å². The Balaban J connectivity index is 1.67. The van der Waals surface area contributed by atoms with E-state index >= 15 is 0 Å². The first-order chi connectivity index (χ1) is 14.9. The highest BCUT2D eigenvalue weighted by Crippen LogP contribution is 2.23. The number of rotatable bonds is 8. The van der Waals surface area contributed by atoms with Crippen LogP contribution in [0, 0.1) is 5.82 Å². The quantitative estimate of drug-likeness (QED) is 0.593. The van der Waals surface area contributed by atoms with Gasteiger partial charge in [0.2, 0.25) is 11.8 Å². The number of carbonyl (C=O) groups is 2. The lowest BCUT2D eigenvalue weighted by Gasteiger charge is -2.35. The Morgan fingerprint density at radius 1 is 1.06 bits per heavy atom. The molecule has 166 valence electrons. The topological polar surface area (TPSA) is 70.7 Å². The Hall–Kier alpha value is -2.29. The Morgan fingerprint density at radius 2 is 1.68 bits per heavy atom. The summed E-state index contributed by atoms with van der Waals surface area (Å²) in [7, 11) is 0. The molecule has 0 bridgehead atoms. The van der Waals surface area contributed by atoms with Crippen LogP contribution in [0.4, 0.5) is 4.39 Å². The molecule has 0 aliphatic carbocycles. The molecule has 1 fully saturated rings. The second-order valence-electron chi connectivity index (χ2n) is 7.53. The van der Waals surface area contributed by atoms with Crippen LogP contribution < -0.4 is 10.6 Å². The molecule has 8 heteroatoms. The fourth-order valence-electron chi connectivity index (χ4n) is 3.69. The summed E-state index contributed by atoms with van der Waals surface area (Å²) in [5.41, 5.74) is 1.80. The number of benzene rings is 2. The number of nitrogens with zero attached hydrogens (tertiary/aromatic N) is 1. The van der Waals surface area contributed by atoms with E-state index in [0.29, 0.717) is 19.8 Å². The lowest BCUT2D eigenvalue weighted by molar-refractivity contribution is -0.123. The molecule has 2 unspecified atom stereocenters. The molecule has 0 saturated carbocycles. The van der Waals surface area contributed by atoms with Gasteiger partial charge in [0, 0.05) is 31.0 Å². The van der Waals surface area contributed by atoms with Gasteiger partial charge in [-0.2, -0.15) is 0 Å². The highest BCUT2D eigenvalue weighted by molar-refractivity contribution is 9.10. The molecule has 1 saturated heterocycles. The highest BCUT2D eigenvalue weighted by Gasteiger charge is 2.24. The van der Waals surface area contributed by atoms with E-state index in [2.05, 4.69) is 31.5 Å². The van der Waals surface area contributed by atoms with Gasteiger partial charge in [-0.25, -0.2) is 4.39 Å². The van der Waals surface area contributed by atoms with E-state index in [1.165, 1.54) is 19.1 Å². The molecule has 0 aromatic heterocycles. The molecule has 3 rings (SSSR count). The zero-order chi connectivity index (χ0) is 22.2. The number of halogens is 2. The van der Waals surface area contributed by atoms with E-state index in [1.807, 2.05) is 24.3 Å². The predicted octanol–water partition coefficient (Wildman–Crippen LogP) is 3.35. The fraction of sp³-hybridized carbons (Fsp3) is 0.391. The molecule has 6 nitrogen and oxygen atoms in total. The number of nitrogens with one attached hydrogen (secondary N) is 2. The summed E-state index contributed by atoms with van der Waals surface area (Å²) in [6.45, 7) is 4.56. The number of hydrogen-bond donors (Lipinski definition) is 2. The number of ether oxygens (including phenoxy) is 1. The minimum Gasteiger partial charge on any atom is -0.379 e. The van der Waals surface area contributed by atoms with Crippen molar-refractivity contribution < 1.29 is 18.7 Å². The summed E-state index contributed by atoms with van der Waals surface area (Å²) in [6.07, 6.45) is 0.125. The lowest BCUT2D eigenvalue weighted by atomic mass is 10.0. The van der Waals surface area contributed by atoms with Crippen LogP contribution in [0.15, 0.2) is 53.0 Å². The van der Waals surface area contributed by atoms with Gasteiger partial charge in [0.15, 0.2) is 0 Å². The molecule has 0 spiro atoms. The van der Waals surface area contributed by atoms with E-state index in [-0.39, 0.29) is 30.1 Å². The summed E-state index contributed by atoms with van der Waals surface area (Å²) >= 11 is 3.40. The van der Waals surface area contributed by atoms with Crippen LogP contribution in [0.1, 0.15) is 36.6 Å². The van der Waals surface area contributed by atoms with Gasteiger partial charge in [0.25, 0.3) is 0 Å². The standard InChI is InChI=1S/C23H27BrFN3O3/c1-16(29)27-21(17-2-6-19(24)7-3-17)14-23(30)26-15-22(28-10-12-31-13-11-28)18-4-8-20(25)9-5-18/h2-9,21-22H,10-15H2,1H3,(H,26,30)(H,27,29). The van der Waals surface area contributed by atoms with Gasteiger partial charge in [-0.3, -0.25) is 14.5 Å². The fourth-order valence-corrected chi connectivity index (χ4v) is 3.96. The zero-order valence-electron chi connectivity index (χ0n) is 17.4. The summed E-state index contributed by atoms with van der Waals surface area (Å²) in [4.78, 5) is 26.7. The maximum Gasteiger partial charge on any atom is 0.222 e. The van der Waals surface area contributed by atoms with Crippen molar-refractivity contribution in [3.05, 3.63) is 69.9 Å². The van der Waals surface area contributed by atoms with Gasteiger partial charge in [-0.05, 0) is 35.4 Å². The van der Waals surface area contributed by atoms with Crippen molar-refractivity contribution in [3.63, 3.8) is 0 Å². The van der Waals surface area contributed by atoms with Gasteiger partial charge >= 0.3 is 0 Å². The first-order valence-corrected chi connectivity index (χ1v) is 11.1. The summed E-state index contributed by atoms with van der Waals surface area (Å²) in [6, 6.07) is 13.4. The summed E-state index contributed by atoms with van der Waals surface area (Å²) in [5, 5.41) is 5.85. The maximum absolute atomic E-state index is 13.4. The Bertz CT molecular complexity index is 871. The molecular formula is C23H27BrFN3O3. The van der Waals surface area contributed by atoms with Gasteiger partial charge in [0.05, 0.1) is 31.7 Å². The van der Waals surface area contributed by atoms with Crippen LogP contribution in [-0.4, -0.2) is 49.6 Å². The number of hydrogen-bond acceptors (Lipinski definition) is 4. The average Bonchev–Trinajstić information content (AvgIpc) is 2.75. The third kappa shape index (κ3) is 7.12. The van der Waals surface area contributed by atoms with Crippen molar-refractivity contribution in [2.45, 2.75) is 25.4 Å². The largest absolute Gasteiger partial charge is 0.379 e. The summed E-state index contributed by atoms with van der Waals surface area (Å²) < 4.78 is 19.8. The molecule has 1 aliphatic heterocycles. The van der Waals surface area contributed by atoms with Crippen molar-refractivity contribution in [2.75, 3.05) is 32.8 Å². The molecule has 2 aromatic rings. The van der Waals surface area contributed by atoms with Gasteiger partial charge < -0.3 is 15.4 Å². The predicted molar refractivity (Wildman–Crippen MR) is 120 cm³/mol. The molecule has 2 amide bonds. The molecule has 1 heterocycles. The van der Waals surface area contributed by atoms with E-state index in [0.717, 1.165) is 28.7 Å². The minimum atomic E-state index is -0.418. The Morgan fingerprint density at radius 3 is 2.29 bits per heavy atom. The molecule has 31 heavy (non-hydrogen) atoms. The highest BCUT2D eigenvalue weighted by atomic mass is 79.9. The Labute approximate surface area is 190 Å². The monoisotopic (exact) mass is 491 g/mol. The molecule has 0 radical (unpaired) electrons. The van der Waals surface area contributed by atoms with E-state index < -0.39 is 6.04 Å². The maximum atomic E-state index is 13.4. The number of morpholine rings is 1. The van der Waals surface area contributed by atoms with Crippen LogP contribution in [0.25, 0.3) is 0 Å². The van der Waals surface area contributed by atoms with Crippen molar-refractivity contribution in [2.24, 2.45) is 0 Å². The van der Waals surface area contributed by atoms with Crippen molar-refractivity contribution in [1.82, 2.24) is 15.5 Å². The number of amides is 2. The van der Waals surface area contributed by atoms with Gasteiger partial charge in [-0.15, -0.1) is 0 Å². The number of carbonyl (C=O) groups excluding carboxylic acids is 2. The lowest BCUT2D eigenvalue weighted by Crippen LogP contribution is -2.44. The van der Waals surface area contributed by atoms with Crippen LogP contribution in [-0.2, 0) is 14.3 Å². The molecular weight excluding hydrogens is 465 g/mol. The van der Waals surface area contributed by atoms with E-state index in [9.17, 15) is 14.0 Å². The van der Waals surface area contributed by atoms with Crippen molar-refractivity contribution in [1.29, 1.82) is 0 Å². The first-order valence-electron chi connectivity index (χ1n) is 10.3. The molecule has 1 aliphatic rings. The zero-order valence-corrected chi connectivity index (χ0v) is 19.0. The van der Waals surface area contributed by atoms with Crippen LogP contribution in [0.2, 0.25) is 0 Å². The normalized spacial score (nSPS) is 16.4. The first kappa shape index (κ1) is 23.4. The SMILES string of the molecule is CC(=O)NC(CC(=O)NCC(c1ccc(F)cc1)N1CCOCC1)c1ccc(Br)cc1. The molecule has 2 N–H and O–H groups in total. The third-order valence-electron chi connectivity index (χ3n) is 5.27.